The van der Waals surface area contributed by atoms with E-state index < -0.39 is 21.5 Å². The second-order valence-corrected chi connectivity index (χ2v) is 3.56. The number of nitrogens with one attached hydrogen (secondary N) is 1. The molecule has 0 fully saturated rings. The Bertz CT molecular complexity index is 366. The molecule has 0 saturated heterocycles. The molecule has 1 rings (SSSR count). The van der Waals surface area contributed by atoms with Crippen LogP contribution in [0.25, 0.3) is 0 Å². The molecule has 0 spiro atoms. The van der Waals surface area contributed by atoms with Crippen LogP contribution in [0, 0.1) is 0 Å². The zero-order chi connectivity index (χ0) is 10.1. The fourth-order valence-corrected chi connectivity index (χ4v) is 0.966. The Balaban J connectivity index is 2.87. The molecule has 74 valence electrons. The zero-order valence-corrected chi connectivity index (χ0v) is 6.82. The van der Waals surface area contributed by atoms with Gasteiger partial charge in [0, 0.05) is 12.3 Å². The molecule has 13 heavy (non-hydrogen) atoms. The largest absolute Gasteiger partial charge is 0.534 e. The topological polar surface area (TPSA) is 59.2 Å². The van der Waals surface area contributed by atoms with E-state index in [1.807, 2.05) is 0 Å². The highest BCUT2D eigenvalue weighted by atomic mass is 32.2. The molecule has 4 nitrogen and oxygen atoms in total. The van der Waals surface area contributed by atoms with Crippen LogP contribution >= 0.6 is 0 Å². The van der Waals surface area contributed by atoms with E-state index in [1.54, 1.807) is 0 Å². The van der Waals surface area contributed by atoms with Gasteiger partial charge in [-0.25, -0.2) is 0 Å². The van der Waals surface area contributed by atoms with E-state index in [9.17, 15) is 21.6 Å². The molecule has 0 atom stereocenters. The van der Waals surface area contributed by atoms with Crippen molar-refractivity contribution in [2.24, 2.45) is 0 Å². The number of aromatic nitrogens is 1. The summed E-state index contributed by atoms with van der Waals surface area (Å²) in [7, 11) is -5.55. The quantitative estimate of drug-likeness (QED) is 0.596. The Morgan fingerprint density at radius 3 is 2.38 bits per heavy atom. The first kappa shape index (κ1) is 9.90. The highest BCUT2D eigenvalue weighted by molar-refractivity contribution is 7.87. The Labute approximate surface area is 71.5 Å². The highest BCUT2D eigenvalue weighted by Gasteiger charge is 2.48. The molecule has 1 aromatic heterocycles. The average Bonchev–Trinajstić information content (AvgIpc) is 2.35. The predicted molar refractivity (Wildman–Crippen MR) is 36.4 cm³/mol. The van der Waals surface area contributed by atoms with Crippen molar-refractivity contribution in [2.45, 2.75) is 5.51 Å². The first-order valence-corrected chi connectivity index (χ1v) is 4.38. The van der Waals surface area contributed by atoms with Crippen molar-refractivity contribution in [2.75, 3.05) is 0 Å². The minimum atomic E-state index is -5.55. The van der Waals surface area contributed by atoms with E-state index in [2.05, 4.69) is 9.17 Å². The fraction of sp³-hybridized carbons (Fsp3) is 0.200. The van der Waals surface area contributed by atoms with Gasteiger partial charge in [0.2, 0.25) is 5.88 Å². The van der Waals surface area contributed by atoms with E-state index in [4.69, 9.17) is 0 Å². The second-order valence-electron chi connectivity index (χ2n) is 2.02. The monoisotopic (exact) mass is 215 g/mol. The third kappa shape index (κ3) is 2.14. The molecule has 0 aliphatic rings. The number of H-pyrrole nitrogens is 1. The molecule has 0 radical (unpaired) electrons. The Kier molecular flexibility index (Phi) is 2.24. The summed E-state index contributed by atoms with van der Waals surface area (Å²) in [6.45, 7) is 0. The minimum Gasteiger partial charge on any atom is -0.357 e. The van der Waals surface area contributed by atoms with Gasteiger partial charge in [0.25, 0.3) is 0 Å². The number of hydrogen-bond donors (Lipinski definition) is 1. The van der Waals surface area contributed by atoms with Gasteiger partial charge in [0.15, 0.2) is 0 Å². The summed E-state index contributed by atoms with van der Waals surface area (Å²) in [5, 5.41) is 0. The molecule has 1 heterocycles. The van der Waals surface area contributed by atoms with Crippen molar-refractivity contribution >= 4 is 10.1 Å². The summed E-state index contributed by atoms with van der Waals surface area (Å²) in [6.07, 6.45) is 1.24. The number of alkyl halides is 3. The molecule has 0 aliphatic carbocycles. The van der Waals surface area contributed by atoms with Crippen LogP contribution in [0.2, 0.25) is 0 Å². The molecule has 0 saturated carbocycles. The maximum Gasteiger partial charge on any atom is 0.534 e. The second kappa shape index (κ2) is 2.95. The molecular weight excluding hydrogens is 211 g/mol. The van der Waals surface area contributed by atoms with Crippen molar-refractivity contribution in [3.63, 3.8) is 0 Å². The van der Waals surface area contributed by atoms with Gasteiger partial charge in [-0.2, -0.15) is 21.6 Å². The lowest BCUT2D eigenvalue weighted by Gasteiger charge is -2.06. The third-order valence-electron chi connectivity index (χ3n) is 1.05. The van der Waals surface area contributed by atoms with Crippen LogP contribution in [0.4, 0.5) is 13.2 Å². The lowest BCUT2D eigenvalue weighted by molar-refractivity contribution is -0.0501. The van der Waals surface area contributed by atoms with Crippen LogP contribution in [0.5, 0.6) is 5.88 Å². The summed E-state index contributed by atoms with van der Waals surface area (Å²) in [4.78, 5) is 2.16. The first-order chi connectivity index (χ1) is 5.83. The molecule has 0 bridgehead atoms. The molecule has 0 aromatic carbocycles. The van der Waals surface area contributed by atoms with Crippen LogP contribution in [0.3, 0.4) is 0 Å². The van der Waals surface area contributed by atoms with Crippen molar-refractivity contribution in [1.82, 2.24) is 4.98 Å². The van der Waals surface area contributed by atoms with Gasteiger partial charge < -0.3 is 9.17 Å². The van der Waals surface area contributed by atoms with Crippen LogP contribution in [0.15, 0.2) is 18.3 Å². The summed E-state index contributed by atoms with van der Waals surface area (Å²) < 4.78 is 59.5. The molecule has 8 heteroatoms. The number of aromatic amines is 1. The van der Waals surface area contributed by atoms with Crippen molar-refractivity contribution in [3.8, 4) is 5.88 Å². The molecule has 0 amide bonds. The lowest BCUT2D eigenvalue weighted by Crippen LogP contribution is -2.28. The van der Waals surface area contributed by atoms with Crippen LogP contribution in [-0.2, 0) is 10.1 Å². The summed E-state index contributed by atoms with van der Waals surface area (Å²) >= 11 is 0. The minimum absolute atomic E-state index is 0.475. The van der Waals surface area contributed by atoms with Crippen molar-refractivity contribution in [1.29, 1.82) is 0 Å². The standard InChI is InChI=1S/C5H4F3NO3S/c6-5(7,8)13(10,11)12-4-2-1-3-9-4/h1-3,9H. The molecule has 1 N–H and O–H groups in total. The SMILES string of the molecule is O=S(=O)(Oc1ccc[nH]1)C(F)(F)F. The van der Waals surface area contributed by atoms with Crippen LogP contribution in [-0.4, -0.2) is 18.9 Å². The Hall–Kier alpha value is -1.18. The van der Waals surface area contributed by atoms with E-state index in [0.29, 0.717) is 0 Å². The number of rotatable bonds is 2. The van der Waals surface area contributed by atoms with Gasteiger partial charge in [-0.15, -0.1) is 0 Å². The van der Waals surface area contributed by atoms with Gasteiger partial charge in [0.1, 0.15) is 0 Å². The van der Waals surface area contributed by atoms with Gasteiger partial charge in [-0.1, -0.05) is 0 Å². The van der Waals surface area contributed by atoms with Gasteiger partial charge >= 0.3 is 15.6 Å². The van der Waals surface area contributed by atoms with Gasteiger partial charge in [-0.05, 0) is 6.07 Å². The first-order valence-electron chi connectivity index (χ1n) is 2.97. The Morgan fingerprint density at radius 1 is 1.38 bits per heavy atom. The van der Waals surface area contributed by atoms with E-state index >= 15 is 0 Å². The van der Waals surface area contributed by atoms with E-state index in [0.717, 1.165) is 6.07 Å². The van der Waals surface area contributed by atoms with Crippen molar-refractivity contribution in [3.05, 3.63) is 18.3 Å². The molecular formula is C5H4F3NO3S. The zero-order valence-electron chi connectivity index (χ0n) is 6.00. The van der Waals surface area contributed by atoms with E-state index in [-0.39, 0.29) is 0 Å². The smallest absolute Gasteiger partial charge is 0.357 e. The molecule has 0 aliphatic heterocycles. The average molecular weight is 215 g/mol. The highest BCUT2D eigenvalue weighted by Crippen LogP contribution is 2.25. The number of halogens is 3. The van der Waals surface area contributed by atoms with Gasteiger partial charge in [-0.3, -0.25) is 0 Å². The van der Waals surface area contributed by atoms with Crippen molar-refractivity contribution < 1.29 is 25.8 Å². The van der Waals surface area contributed by atoms with Crippen LogP contribution < -0.4 is 4.18 Å². The van der Waals surface area contributed by atoms with Gasteiger partial charge in [0.05, 0.1) is 0 Å². The summed E-state index contributed by atoms with van der Waals surface area (Å²) in [5.41, 5.74) is -5.40. The molecule has 0 unspecified atom stereocenters. The van der Waals surface area contributed by atoms with Crippen LogP contribution in [0.1, 0.15) is 0 Å². The Morgan fingerprint density at radius 2 is 2.00 bits per heavy atom. The fourth-order valence-electron chi connectivity index (χ4n) is 0.531. The molecule has 1 aromatic rings. The normalized spacial score (nSPS) is 12.8. The number of hydrogen-bond acceptors (Lipinski definition) is 3. The predicted octanol–water partition coefficient (Wildman–Crippen LogP) is 1.24. The third-order valence-corrected chi connectivity index (χ3v) is 2.02. The summed E-state index contributed by atoms with van der Waals surface area (Å²) in [5.74, 6) is -0.475. The lowest BCUT2D eigenvalue weighted by atomic mass is 10.7. The van der Waals surface area contributed by atoms with E-state index in [1.165, 1.54) is 12.3 Å². The maximum atomic E-state index is 11.7. The maximum absolute atomic E-state index is 11.7. The summed E-state index contributed by atoms with van der Waals surface area (Å²) in [6, 6.07) is 2.37.